The Labute approximate surface area is 113 Å². The first kappa shape index (κ1) is 14.0. The molecule has 0 spiro atoms. The lowest BCUT2D eigenvalue weighted by molar-refractivity contribution is -0.386. The lowest BCUT2D eigenvalue weighted by Gasteiger charge is -2.40. The average Bonchev–Trinajstić information content (AvgIpc) is 2.26. The molecule has 2 rings (SSSR count). The molecule has 4 nitrogen and oxygen atoms in total. The zero-order chi connectivity index (χ0) is 14.0. The largest absolute Gasteiger partial charge is 0.378 e. The van der Waals surface area contributed by atoms with Crippen molar-refractivity contribution in [3.05, 3.63) is 33.9 Å². The van der Waals surface area contributed by atoms with Gasteiger partial charge in [-0.25, -0.2) is 4.39 Å². The Morgan fingerprint density at radius 2 is 2.16 bits per heavy atom. The molecule has 0 aliphatic heterocycles. The van der Waals surface area contributed by atoms with Crippen molar-refractivity contribution in [3.63, 3.8) is 0 Å². The molecular weight excluding hydrogens is 274 g/mol. The lowest BCUT2D eigenvalue weighted by atomic mass is 9.84. The van der Waals surface area contributed by atoms with Crippen LogP contribution in [-0.4, -0.2) is 22.5 Å². The molecule has 0 radical (unpaired) electrons. The molecule has 0 amide bonds. The smallest absolute Gasteiger partial charge is 0.327 e. The summed E-state index contributed by atoms with van der Waals surface area (Å²) in [6, 6.07) is 1.49. The van der Waals surface area contributed by atoms with E-state index in [0.29, 0.717) is 12.6 Å². The number of hydrogen-bond donors (Lipinski definition) is 1. The minimum absolute atomic E-state index is 0.0245. The van der Waals surface area contributed by atoms with E-state index in [1.165, 1.54) is 0 Å². The summed E-state index contributed by atoms with van der Waals surface area (Å²) in [5.74, 6) is -1.98. The highest BCUT2D eigenvalue weighted by molar-refractivity contribution is 8.00. The van der Waals surface area contributed by atoms with Crippen molar-refractivity contribution >= 4 is 23.1 Å². The second-order valence-corrected chi connectivity index (χ2v) is 5.91. The highest BCUT2D eigenvalue weighted by Gasteiger charge is 2.36. The highest BCUT2D eigenvalue weighted by Crippen LogP contribution is 2.43. The van der Waals surface area contributed by atoms with Gasteiger partial charge in [-0.1, -0.05) is 6.42 Å². The molecular formula is C12H14F2N2O2S. The number of nitro benzene ring substituents is 1. The minimum atomic E-state index is -1.15. The van der Waals surface area contributed by atoms with Gasteiger partial charge in [0.1, 0.15) is 11.5 Å². The Balaban J connectivity index is 2.21. The normalized spacial score (nSPS) is 16.8. The van der Waals surface area contributed by atoms with Gasteiger partial charge in [-0.2, -0.15) is 16.2 Å². The lowest BCUT2D eigenvalue weighted by Crippen LogP contribution is -2.40. The first-order chi connectivity index (χ1) is 8.97. The molecule has 1 saturated carbocycles. The van der Waals surface area contributed by atoms with Gasteiger partial charge in [-0.05, 0) is 19.1 Å². The molecule has 1 aromatic rings. The summed E-state index contributed by atoms with van der Waals surface area (Å²) in [6.07, 6.45) is 5.10. The maximum Gasteiger partial charge on any atom is 0.327 e. The molecule has 0 unspecified atom stereocenters. The highest BCUT2D eigenvalue weighted by atomic mass is 32.2. The number of rotatable bonds is 5. The van der Waals surface area contributed by atoms with E-state index in [-0.39, 0.29) is 10.4 Å². The van der Waals surface area contributed by atoms with Gasteiger partial charge in [-0.3, -0.25) is 10.1 Å². The SMILES string of the molecule is CSC1(CNc2cc(F)cc(F)c2[N+](=O)[O-])CCC1. The van der Waals surface area contributed by atoms with Crippen LogP contribution in [0.3, 0.4) is 0 Å². The van der Waals surface area contributed by atoms with E-state index in [4.69, 9.17) is 0 Å². The monoisotopic (exact) mass is 288 g/mol. The topological polar surface area (TPSA) is 55.2 Å². The van der Waals surface area contributed by atoms with Gasteiger partial charge >= 0.3 is 5.69 Å². The number of halogens is 2. The van der Waals surface area contributed by atoms with Crippen LogP contribution in [0.4, 0.5) is 20.2 Å². The fraction of sp³-hybridized carbons (Fsp3) is 0.500. The Kier molecular flexibility index (Phi) is 3.93. The predicted octanol–water partition coefficient (Wildman–Crippen LogP) is 3.57. The van der Waals surface area contributed by atoms with E-state index < -0.39 is 22.2 Å². The van der Waals surface area contributed by atoms with E-state index in [2.05, 4.69) is 5.32 Å². The third-order valence-electron chi connectivity index (χ3n) is 3.51. The molecule has 19 heavy (non-hydrogen) atoms. The fourth-order valence-corrected chi connectivity index (χ4v) is 3.08. The van der Waals surface area contributed by atoms with Gasteiger partial charge < -0.3 is 5.32 Å². The van der Waals surface area contributed by atoms with Gasteiger partial charge in [0.2, 0.25) is 5.82 Å². The van der Waals surface area contributed by atoms with E-state index >= 15 is 0 Å². The van der Waals surface area contributed by atoms with Crippen LogP contribution in [0.25, 0.3) is 0 Å². The van der Waals surface area contributed by atoms with Crippen molar-refractivity contribution in [2.75, 3.05) is 18.1 Å². The number of nitrogens with zero attached hydrogens (tertiary/aromatic N) is 1. The van der Waals surface area contributed by atoms with Crippen molar-refractivity contribution in [3.8, 4) is 0 Å². The van der Waals surface area contributed by atoms with Crippen molar-refractivity contribution < 1.29 is 13.7 Å². The van der Waals surface area contributed by atoms with Crippen molar-refractivity contribution in [2.45, 2.75) is 24.0 Å². The summed E-state index contributed by atoms with van der Waals surface area (Å²) in [5.41, 5.74) is -0.792. The molecule has 1 fully saturated rings. The van der Waals surface area contributed by atoms with Gasteiger partial charge in [-0.15, -0.1) is 0 Å². The van der Waals surface area contributed by atoms with Crippen LogP contribution in [0.5, 0.6) is 0 Å². The van der Waals surface area contributed by atoms with Crippen LogP contribution in [0.1, 0.15) is 19.3 Å². The van der Waals surface area contributed by atoms with E-state index in [1.54, 1.807) is 11.8 Å². The summed E-state index contributed by atoms with van der Waals surface area (Å²) in [5, 5.41) is 13.7. The average molecular weight is 288 g/mol. The third-order valence-corrected chi connectivity index (χ3v) is 4.93. The second-order valence-electron chi connectivity index (χ2n) is 4.64. The first-order valence-electron chi connectivity index (χ1n) is 5.90. The Bertz CT molecular complexity index is 501. The van der Waals surface area contributed by atoms with Crippen LogP contribution in [0.15, 0.2) is 12.1 Å². The third kappa shape index (κ3) is 2.80. The van der Waals surface area contributed by atoms with Gasteiger partial charge in [0.05, 0.1) is 4.92 Å². The van der Waals surface area contributed by atoms with Crippen LogP contribution < -0.4 is 5.32 Å². The van der Waals surface area contributed by atoms with Gasteiger partial charge in [0.15, 0.2) is 0 Å². The maximum absolute atomic E-state index is 13.4. The molecule has 0 saturated heterocycles. The first-order valence-corrected chi connectivity index (χ1v) is 7.12. The summed E-state index contributed by atoms with van der Waals surface area (Å²) < 4.78 is 26.6. The van der Waals surface area contributed by atoms with Gasteiger partial charge in [0.25, 0.3) is 0 Å². The number of benzene rings is 1. The van der Waals surface area contributed by atoms with Crippen molar-refractivity contribution in [1.29, 1.82) is 0 Å². The Morgan fingerprint density at radius 1 is 1.47 bits per heavy atom. The molecule has 1 N–H and O–H groups in total. The van der Waals surface area contributed by atoms with Gasteiger partial charge in [0, 0.05) is 23.4 Å². The number of nitro groups is 1. The summed E-state index contributed by atoms with van der Waals surface area (Å²) >= 11 is 1.68. The molecule has 1 aliphatic rings. The Morgan fingerprint density at radius 3 is 2.63 bits per heavy atom. The van der Waals surface area contributed by atoms with E-state index in [1.807, 2.05) is 6.26 Å². The number of anilines is 1. The molecule has 0 heterocycles. The van der Waals surface area contributed by atoms with Crippen molar-refractivity contribution in [1.82, 2.24) is 0 Å². The number of thioether (sulfide) groups is 1. The quantitative estimate of drug-likeness (QED) is 0.664. The number of hydrogen-bond acceptors (Lipinski definition) is 4. The van der Waals surface area contributed by atoms with E-state index in [9.17, 15) is 18.9 Å². The molecule has 7 heteroatoms. The zero-order valence-electron chi connectivity index (χ0n) is 10.4. The molecule has 104 valence electrons. The summed E-state index contributed by atoms with van der Waals surface area (Å²) in [4.78, 5) is 10.00. The molecule has 1 aromatic carbocycles. The molecule has 0 aromatic heterocycles. The van der Waals surface area contributed by atoms with Crippen LogP contribution in [-0.2, 0) is 0 Å². The number of nitrogens with one attached hydrogen (secondary N) is 1. The Hall–Kier alpha value is -1.37. The van der Waals surface area contributed by atoms with Crippen LogP contribution in [0.2, 0.25) is 0 Å². The summed E-state index contributed by atoms with van der Waals surface area (Å²) in [7, 11) is 0. The molecule has 1 aliphatic carbocycles. The van der Waals surface area contributed by atoms with E-state index in [0.717, 1.165) is 25.3 Å². The van der Waals surface area contributed by atoms with Crippen LogP contribution >= 0.6 is 11.8 Å². The van der Waals surface area contributed by atoms with Crippen LogP contribution in [0, 0.1) is 21.7 Å². The molecule has 0 bridgehead atoms. The van der Waals surface area contributed by atoms with Crippen molar-refractivity contribution in [2.24, 2.45) is 0 Å². The zero-order valence-corrected chi connectivity index (χ0v) is 11.2. The maximum atomic E-state index is 13.4. The molecule has 0 atom stereocenters. The second kappa shape index (κ2) is 5.32. The summed E-state index contributed by atoms with van der Waals surface area (Å²) in [6.45, 7) is 0.470. The minimum Gasteiger partial charge on any atom is -0.378 e. The predicted molar refractivity (Wildman–Crippen MR) is 71.6 cm³/mol. The fourth-order valence-electron chi connectivity index (χ4n) is 2.17. The standard InChI is InChI=1S/C12H14F2N2O2S/c1-19-12(3-2-4-12)7-15-10-6-8(13)5-9(14)11(10)16(17)18/h5-6,15H,2-4,7H2,1H3.